The standard InChI is InChI=1S/C20H24ClN5O5S/c1-13(23-20(22)28)19(27)24-16-6-7-17(26-8-10-31-11-9-26)18(12-16)32(29,30)25-15-4-2-14(21)3-5-15/h2-7,12-13,25H,8-11H2,1H3,(H,24,27)(H3,22,23,28)/t13-/m1/s1. The van der Waals surface area contributed by atoms with Crippen LogP contribution in [0.25, 0.3) is 0 Å². The third kappa shape index (κ3) is 6.02. The summed E-state index contributed by atoms with van der Waals surface area (Å²) < 4.78 is 34.5. The van der Waals surface area contributed by atoms with Crippen LogP contribution in [0.5, 0.6) is 0 Å². The Hall–Kier alpha value is -3.02. The Morgan fingerprint density at radius 2 is 1.72 bits per heavy atom. The van der Waals surface area contributed by atoms with Gasteiger partial charge in [-0.1, -0.05) is 11.6 Å². The number of ether oxygens (including phenoxy) is 1. The normalized spacial score (nSPS) is 15.0. The summed E-state index contributed by atoms with van der Waals surface area (Å²) in [5, 5.41) is 5.35. The quantitative estimate of drug-likeness (QED) is 0.476. The van der Waals surface area contributed by atoms with E-state index in [1.165, 1.54) is 13.0 Å². The Balaban J connectivity index is 1.94. The van der Waals surface area contributed by atoms with E-state index in [9.17, 15) is 18.0 Å². The summed E-state index contributed by atoms with van der Waals surface area (Å²) in [6, 6.07) is 9.11. The molecule has 1 aliphatic heterocycles. The van der Waals surface area contributed by atoms with E-state index in [0.29, 0.717) is 42.7 Å². The fourth-order valence-electron chi connectivity index (χ4n) is 3.13. The maximum atomic E-state index is 13.3. The predicted octanol–water partition coefficient (Wildman–Crippen LogP) is 1.97. The molecule has 1 fully saturated rings. The third-order valence-corrected chi connectivity index (χ3v) is 6.38. The van der Waals surface area contributed by atoms with Crippen LogP contribution in [0, 0.1) is 0 Å². The first-order valence-electron chi connectivity index (χ1n) is 9.78. The molecule has 0 bridgehead atoms. The second-order valence-corrected chi connectivity index (χ2v) is 9.20. The highest BCUT2D eigenvalue weighted by molar-refractivity contribution is 7.92. The van der Waals surface area contributed by atoms with Crippen molar-refractivity contribution in [3.8, 4) is 0 Å². The smallest absolute Gasteiger partial charge is 0.312 e. The number of nitrogens with one attached hydrogen (secondary N) is 3. The average molecular weight is 482 g/mol. The van der Waals surface area contributed by atoms with Crippen LogP contribution in [0.3, 0.4) is 0 Å². The van der Waals surface area contributed by atoms with Gasteiger partial charge < -0.3 is 26.0 Å². The number of carbonyl (C=O) groups is 2. The SMILES string of the molecule is C[C@@H](NC(N)=O)C(=O)Nc1ccc(N2CCOCC2)c(S(=O)(=O)Nc2ccc(Cl)cc2)c1. The van der Waals surface area contributed by atoms with Gasteiger partial charge in [0.05, 0.1) is 18.9 Å². The van der Waals surface area contributed by atoms with E-state index in [2.05, 4.69) is 15.4 Å². The van der Waals surface area contributed by atoms with Gasteiger partial charge in [-0.3, -0.25) is 9.52 Å². The van der Waals surface area contributed by atoms with Crippen LogP contribution in [0.2, 0.25) is 5.02 Å². The highest BCUT2D eigenvalue weighted by atomic mass is 35.5. The first-order chi connectivity index (χ1) is 15.2. The number of morpholine rings is 1. The highest BCUT2D eigenvalue weighted by Gasteiger charge is 2.25. The molecule has 1 aliphatic rings. The minimum absolute atomic E-state index is 0.0114. The Bertz CT molecular complexity index is 1090. The van der Waals surface area contributed by atoms with Crippen molar-refractivity contribution in [2.45, 2.75) is 17.9 Å². The lowest BCUT2D eigenvalue weighted by atomic mass is 10.2. The number of hydrogen-bond donors (Lipinski definition) is 4. The van der Waals surface area contributed by atoms with Gasteiger partial charge in [0.1, 0.15) is 10.9 Å². The predicted molar refractivity (Wildman–Crippen MR) is 123 cm³/mol. The zero-order chi connectivity index (χ0) is 23.3. The first kappa shape index (κ1) is 23.6. The summed E-state index contributed by atoms with van der Waals surface area (Å²) in [5.74, 6) is -0.545. The number of amides is 3. The number of rotatable bonds is 7. The number of halogens is 1. The molecule has 1 heterocycles. The van der Waals surface area contributed by atoms with Crippen LogP contribution in [0.15, 0.2) is 47.4 Å². The molecule has 2 aromatic rings. The lowest BCUT2D eigenvalue weighted by Gasteiger charge is -2.30. The Morgan fingerprint density at radius 1 is 1.09 bits per heavy atom. The van der Waals surface area contributed by atoms with Crippen molar-refractivity contribution in [3.05, 3.63) is 47.5 Å². The monoisotopic (exact) mass is 481 g/mol. The van der Waals surface area contributed by atoms with Crippen LogP contribution in [-0.4, -0.2) is 52.7 Å². The molecule has 0 radical (unpaired) electrons. The van der Waals surface area contributed by atoms with Crippen LogP contribution >= 0.6 is 11.6 Å². The van der Waals surface area contributed by atoms with Gasteiger partial charge in [-0.2, -0.15) is 0 Å². The van der Waals surface area contributed by atoms with Gasteiger partial charge in [0.2, 0.25) is 5.91 Å². The maximum Gasteiger partial charge on any atom is 0.312 e. The molecule has 2 aromatic carbocycles. The minimum Gasteiger partial charge on any atom is -0.378 e. The second-order valence-electron chi connectivity index (χ2n) is 7.11. The Morgan fingerprint density at radius 3 is 2.34 bits per heavy atom. The molecule has 172 valence electrons. The number of benzene rings is 2. The average Bonchev–Trinajstić information content (AvgIpc) is 2.75. The largest absolute Gasteiger partial charge is 0.378 e. The first-order valence-corrected chi connectivity index (χ1v) is 11.6. The molecule has 10 nitrogen and oxygen atoms in total. The number of sulfonamides is 1. The number of hydrogen-bond acceptors (Lipinski definition) is 6. The molecular formula is C20H24ClN5O5S. The molecule has 3 amide bonds. The fraction of sp³-hybridized carbons (Fsp3) is 0.300. The van der Waals surface area contributed by atoms with Gasteiger partial charge in [-0.25, -0.2) is 13.2 Å². The molecule has 12 heteroatoms. The molecule has 1 atom stereocenters. The summed E-state index contributed by atoms with van der Waals surface area (Å²) in [6.45, 7) is 3.45. The molecular weight excluding hydrogens is 458 g/mol. The zero-order valence-corrected chi connectivity index (χ0v) is 18.9. The minimum atomic E-state index is -4.02. The summed E-state index contributed by atoms with van der Waals surface area (Å²) in [4.78, 5) is 25.2. The van der Waals surface area contributed by atoms with Crippen molar-refractivity contribution in [2.75, 3.05) is 41.2 Å². The van der Waals surface area contributed by atoms with E-state index < -0.39 is 28.0 Å². The number of anilines is 3. The van der Waals surface area contributed by atoms with Crippen LogP contribution < -0.4 is 26.0 Å². The lowest BCUT2D eigenvalue weighted by Crippen LogP contribution is -2.44. The molecule has 32 heavy (non-hydrogen) atoms. The zero-order valence-electron chi connectivity index (χ0n) is 17.3. The number of urea groups is 1. The molecule has 0 spiro atoms. The van der Waals surface area contributed by atoms with E-state index in [0.717, 1.165) is 0 Å². The Kier molecular flexibility index (Phi) is 7.44. The summed E-state index contributed by atoms with van der Waals surface area (Å²) in [7, 11) is -4.02. The fourth-order valence-corrected chi connectivity index (χ4v) is 4.57. The van der Waals surface area contributed by atoms with E-state index >= 15 is 0 Å². The Labute approximate surface area is 191 Å². The highest BCUT2D eigenvalue weighted by Crippen LogP contribution is 2.31. The summed E-state index contributed by atoms with van der Waals surface area (Å²) in [6.07, 6.45) is 0. The van der Waals surface area contributed by atoms with Crippen molar-refractivity contribution in [3.63, 3.8) is 0 Å². The van der Waals surface area contributed by atoms with Crippen molar-refractivity contribution in [1.29, 1.82) is 0 Å². The van der Waals surface area contributed by atoms with Crippen molar-refractivity contribution < 1.29 is 22.7 Å². The van der Waals surface area contributed by atoms with Crippen LogP contribution in [0.1, 0.15) is 6.92 Å². The molecule has 5 N–H and O–H groups in total. The molecule has 0 aliphatic carbocycles. The lowest BCUT2D eigenvalue weighted by molar-refractivity contribution is -0.117. The number of primary amides is 1. The van der Waals surface area contributed by atoms with Gasteiger partial charge in [-0.15, -0.1) is 0 Å². The second kappa shape index (κ2) is 10.1. The molecule has 0 unspecified atom stereocenters. The summed E-state index contributed by atoms with van der Waals surface area (Å²) in [5.41, 5.74) is 6.13. The number of nitrogens with two attached hydrogens (primary N) is 1. The van der Waals surface area contributed by atoms with Gasteiger partial charge in [0.25, 0.3) is 10.0 Å². The maximum absolute atomic E-state index is 13.3. The van der Waals surface area contributed by atoms with Gasteiger partial charge in [0, 0.05) is 29.5 Å². The van der Waals surface area contributed by atoms with E-state index in [-0.39, 0.29) is 10.6 Å². The number of carbonyl (C=O) groups excluding carboxylic acids is 2. The summed E-state index contributed by atoms with van der Waals surface area (Å²) >= 11 is 5.88. The molecule has 0 saturated carbocycles. The van der Waals surface area contributed by atoms with Crippen molar-refractivity contribution in [2.24, 2.45) is 5.73 Å². The van der Waals surface area contributed by atoms with E-state index in [1.807, 2.05) is 4.90 Å². The number of nitrogens with zero attached hydrogens (tertiary/aromatic N) is 1. The van der Waals surface area contributed by atoms with Crippen LogP contribution in [0.4, 0.5) is 21.9 Å². The van der Waals surface area contributed by atoms with Gasteiger partial charge >= 0.3 is 6.03 Å². The topological polar surface area (TPSA) is 143 Å². The van der Waals surface area contributed by atoms with Crippen LogP contribution in [-0.2, 0) is 19.6 Å². The van der Waals surface area contributed by atoms with Gasteiger partial charge in [0.15, 0.2) is 0 Å². The molecule has 1 saturated heterocycles. The third-order valence-electron chi connectivity index (χ3n) is 4.72. The van der Waals surface area contributed by atoms with Crippen molar-refractivity contribution in [1.82, 2.24) is 5.32 Å². The molecule has 3 rings (SSSR count). The van der Waals surface area contributed by atoms with Gasteiger partial charge in [-0.05, 0) is 49.4 Å². The van der Waals surface area contributed by atoms with E-state index in [4.69, 9.17) is 22.1 Å². The van der Waals surface area contributed by atoms with Crippen molar-refractivity contribution >= 4 is 50.6 Å². The molecule has 0 aromatic heterocycles. The van der Waals surface area contributed by atoms with E-state index in [1.54, 1.807) is 36.4 Å².